The molecule has 0 aliphatic carbocycles. The minimum absolute atomic E-state index is 0.0583. The fraction of sp³-hybridized carbons (Fsp3) is 0.261. The monoisotopic (exact) mass is 410 g/mol. The Morgan fingerprint density at radius 2 is 1.80 bits per heavy atom. The maximum atomic E-state index is 12.9. The van der Waals surface area contributed by atoms with Crippen molar-refractivity contribution in [2.24, 2.45) is 0 Å². The van der Waals surface area contributed by atoms with Crippen molar-refractivity contribution in [1.29, 1.82) is 0 Å². The molecule has 0 fully saturated rings. The fourth-order valence-electron chi connectivity index (χ4n) is 2.76. The van der Waals surface area contributed by atoms with Crippen LogP contribution < -0.4 is 0 Å². The van der Waals surface area contributed by atoms with Gasteiger partial charge in [0.25, 0.3) is 5.91 Å². The number of aryl methyl sites for hydroxylation is 2. The van der Waals surface area contributed by atoms with E-state index in [4.69, 9.17) is 9.15 Å². The SMILES string of the molecule is Cc1ccc(-c2cnc(CCC(=O)OCC(=O)N(C)Cc3ccc(F)cc3)o2)cc1. The number of nitrogens with zero attached hydrogens (tertiary/aromatic N) is 2. The van der Waals surface area contributed by atoms with Crippen LogP contribution in [0.5, 0.6) is 0 Å². The van der Waals surface area contributed by atoms with E-state index >= 15 is 0 Å². The summed E-state index contributed by atoms with van der Waals surface area (Å²) < 4.78 is 23.7. The molecule has 0 N–H and O–H groups in total. The van der Waals surface area contributed by atoms with Crippen molar-refractivity contribution in [2.75, 3.05) is 13.7 Å². The Balaban J connectivity index is 1.42. The van der Waals surface area contributed by atoms with Gasteiger partial charge in [-0.2, -0.15) is 0 Å². The first-order chi connectivity index (χ1) is 14.4. The van der Waals surface area contributed by atoms with E-state index in [1.165, 1.54) is 17.0 Å². The Bertz CT molecular complexity index is 997. The summed E-state index contributed by atoms with van der Waals surface area (Å²) in [5.41, 5.74) is 2.85. The van der Waals surface area contributed by atoms with Crippen molar-refractivity contribution in [3.63, 3.8) is 0 Å². The van der Waals surface area contributed by atoms with Crippen LogP contribution in [-0.2, 0) is 27.3 Å². The molecule has 0 aliphatic rings. The van der Waals surface area contributed by atoms with Crippen LogP contribution in [0.3, 0.4) is 0 Å². The largest absolute Gasteiger partial charge is 0.456 e. The van der Waals surface area contributed by atoms with E-state index < -0.39 is 5.97 Å². The maximum Gasteiger partial charge on any atom is 0.306 e. The highest BCUT2D eigenvalue weighted by Gasteiger charge is 2.14. The van der Waals surface area contributed by atoms with Gasteiger partial charge >= 0.3 is 5.97 Å². The molecular weight excluding hydrogens is 387 g/mol. The molecule has 1 aromatic heterocycles. The van der Waals surface area contributed by atoms with Crippen LogP contribution >= 0.6 is 0 Å². The van der Waals surface area contributed by atoms with Gasteiger partial charge in [0.2, 0.25) is 0 Å². The molecule has 2 aromatic carbocycles. The molecule has 0 bridgehead atoms. The summed E-state index contributed by atoms with van der Waals surface area (Å²) in [5, 5.41) is 0. The van der Waals surface area contributed by atoms with Gasteiger partial charge in [-0.1, -0.05) is 42.0 Å². The highest BCUT2D eigenvalue weighted by Crippen LogP contribution is 2.21. The van der Waals surface area contributed by atoms with E-state index in [9.17, 15) is 14.0 Å². The van der Waals surface area contributed by atoms with Gasteiger partial charge in [-0.25, -0.2) is 9.37 Å². The highest BCUT2D eigenvalue weighted by molar-refractivity contribution is 5.80. The summed E-state index contributed by atoms with van der Waals surface area (Å²) in [6.45, 7) is 1.96. The normalized spacial score (nSPS) is 10.6. The third-order valence-corrected chi connectivity index (χ3v) is 4.55. The van der Waals surface area contributed by atoms with Crippen molar-refractivity contribution in [3.05, 3.63) is 77.6 Å². The fourth-order valence-corrected chi connectivity index (χ4v) is 2.76. The average Bonchev–Trinajstić information content (AvgIpc) is 3.21. The first kappa shape index (κ1) is 21.2. The van der Waals surface area contributed by atoms with Gasteiger partial charge in [0.1, 0.15) is 5.82 Å². The van der Waals surface area contributed by atoms with E-state index in [0.29, 0.717) is 18.2 Å². The molecule has 156 valence electrons. The van der Waals surface area contributed by atoms with Crippen molar-refractivity contribution in [3.8, 4) is 11.3 Å². The topological polar surface area (TPSA) is 72.6 Å². The zero-order chi connectivity index (χ0) is 21.5. The average molecular weight is 410 g/mol. The first-order valence-electron chi connectivity index (χ1n) is 9.56. The lowest BCUT2D eigenvalue weighted by Gasteiger charge is -2.17. The molecule has 0 unspecified atom stereocenters. The summed E-state index contributed by atoms with van der Waals surface area (Å²) in [6, 6.07) is 13.7. The second-order valence-corrected chi connectivity index (χ2v) is 7.02. The van der Waals surface area contributed by atoms with Gasteiger partial charge in [-0.15, -0.1) is 0 Å². The third-order valence-electron chi connectivity index (χ3n) is 4.55. The molecule has 0 aliphatic heterocycles. The number of ether oxygens (including phenoxy) is 1. The number of esters is 1. The van der Waals surface area contributed by atoms with Crippen molar-refractivity contribution in [2.45, 2.75) is 26.3 Å². The summed E-state index contributed by atoms with van der Waals surface area (Å²) >= 11 is 0. The molecule has 3 rings (SSSR count). The van der Waals surface area contributed by atoms with E-state index in [2.05, 4.69) is 4.98 Å². The minimum atomic E-state index is -0.506. The van der Waals surface area contributed by atoms with Crippen LogP contribution in [0.15, 0.2) is 59.1 Å². The molecule has 7 heteroatoms. The lowest BCUT2D eigenvalue weighted by atomic mass is 10.1. The molecule has 6 nitrogen and oxygen atoms in total. The predicted octanol–water partition coefficient (Wildman–Crippen LogP) is 3.92. The Hall–Kier alpha value is -3.48. The van der Waals surface area contributed by atoms with Crippen LogP contribution in [0.4, 0.5) is 4.39 Å². The van der Waals surface area contributed by atoms with Gasteiger partial charge in [-0.05, 0) is 24.6 Å². The number of oxazole rings is 1. The van der Waals surface area contributed by atoms with Gasteiger partial charge in [0.15, 0.2) is 18.3 Å². The molecule has 30 heavy (non-hydrogen) atoms. The van der Waals surface area contributed by atoms with E-state index in [1.807, 2.05) is 31.2 Å². The summed E-state index contributed by atoms with van der Waals surface area (Å²) in [7, 11) is 1.60. The number of rotatable bonds is 8. The number of halogens is 1. The third kappa shape index (κ3) is 6.01. The second-order valence-electron chi connectivity index (χ2n) is 7.02. The summed E-state index contributed by atoms with van der Waals surface area (Å²) in [6.07, 6.45) is 1.96. The van der Waals surface area contributed by atoms with Gasteiger partial charge in [-0.3, -0.25) is 9.59 Å². The van der Waals surface area contributed by atoms with Crippen molar-refractivity contribution < 1.29 is 23.1 Å². The predicted molar refractivity (Wildman–Crippen MR) is 109 cm³/mol. The smallest absolute Gasteiger partial charge is 0.306 e. The number of aromatic nitrogens is 1. The Morgan fingerprint density at radius 1 is 1.10 bits per heavy atom. The molecule has 0 radical (unpaired) electrons. The number of amides is 1. The van der Waals surface area contributed by atoms with E-state index in [1.54, 1.807) is 25.4 Å². The van der Waals surface area contributed by atoms with Gasteiger partial charge in [0.05, 0.1) is 12.6 Å². The number of hydrogen-bond acceptors (Lipinski definition) is 5. The van der Waals surface area contributed by atoms with Gasteiger partial charge in [0, 0.05) is 25.6 Å². The zero-order valence-electron chi connectivity index (χ0n) is 16.9. The molecule has 0 spiro atoms. The van der Waals surface area contributed by atoms with Crippen molar-refractivity contribution in [1.82, 2.24) is 9.88 Å². The summed E-state index contributed by atoms with van der Waals surface area (Å²) in [4.78, 5) is 29.7. The minimum Gasteiger partial charge on any atom is -0.456 e. The molecule has 0 saturated heterocycles. The molecule has 0 atom stereocenters. The Kier molecular flexibility index (Phi) is 6.95. The number of hydrogen-bond donors (Lipinski definition) is 0. The zero-order valence-corrected chi connectivity index (χ0v) is 16.9. The number of carbonyl (C=O) groups is 2. The molecule has 3 aromatic rings. The Labute approximate surface area is 174 Å². The molecular formula is C23H23FN2O4. The Morgan fingerprint density at radius 3 is 2.50 bits per heavy atom. The molecule has 0 saturated carbocycles. The number of likely N-dealkylation sites (N-methyl/N-ethyl adjacent to an activating group) is 1. The molecule has 1 amide bonds. The maximum absolute atomic E-state index is 12.9. The van der Waals surface area contributed by atoms with Gasteiger partial charge < -0.3 is 14.1 Å². The number of benzene rings is 2. The lowest BCUT2D eigenvalue weighted by molar-refractivity contribution is -0.151. The molecule has 1 heterocycles. The second kappa shape index (κ2) is 9.82. The first-order valence-corrected chi connectivity index (χ1v) is 9.56. The lowest BCUT2D eigenvalue weighted by Crippen LogP contribution is -2.30. The van der Waals surface area contributed by atoms with E-state index in [-0.39, 0.29) is 31.2 Å². The standard InChI is InChI=1S/C23H23FN2O4/c1-16-3-7-18(8-4-16)20-13-25-21(30-20)11-12-23(28)29-15-22(27)26(2)14-17-5-9-19(24)10-6-17/h3-10,13H,11-12,14-15H2,1-2H3. The number of carbonyl (C=O) groups excluding carboxylic acids is 2. The highest BCUT2D eigenvalue weighted by atomic mass is 19.1. The van der Waals surface area contributed by atoms with Crippen LogP contribution in [0, 0.1) is 12.7 Å². The van der Waals surface area contributed by atoms with Crippen LogP contribution in [0.1, 0.15) is 23.4 Å². The quantitative estimate of drug-likeness (QED) is 0.526. The van der Waals surface area contributed by atoms with E-state index in [0.717, 1.165) is 16.7 Å². The van der Waals surface area contributed by atoms with Crippen LogP contribution in [0.25, 0.3) is 11.3 Å². The van der Waals surface area contributed by atoms with Crippen molar-refractivity contribution >= 4 is 11.9 Å². The van der Waals surface area contributed by atoms with Crippen LogP contribution in [0.2, 0.25) is 0 Å². The summed E-state index contributed by atoms with van der Waals surface area (Å²) in [5.74, 6) is -0.115. The van der Waals surface area contributed by atoms with Crippen LogP contribution in [-0.4, -0.2) is 35.4 Å².